The predicted octanol–water partition coefficient (Wildman–Crippen LogP) is 5.20. The molecular formula is C24H22FN5O2S. The molecule has 0 unspecified atom stereocenters. The van der Waals surface area contributed by atoms with E-state index in [9.17, 15) is 9.18 Å². The van der Waals surface area contributed by atoms with E-state index in [1.807, 2.05) is 24.3 Å². The molecule has 0 fully saturated rings. The van der Waals surface area contributed by atoms with Crippen molar-refractivity contribution in [2.24, 2.45) is 0 Å². The Bertz CT molecular complexity index is 1300. The fourth-order valence-corrected chi connectivity index (χ4v) is 4.70. The lowest BCUT2D eigenvalue weighted by molar-refractivity contribution is 0.102. The number of hydrogen-bond acceptors (Lipinski definition) is 6. The van der Waals surface area contributed by atoms with Crippen LogP contribution in [0.15, 0.2) is 47.8 Å². The maximum atomic E-state index is 14.5. The Morgan fingerprint density at radius 3 is 2.73 bits per heavy atom. The van der Waals surface area contributed by atoms with Crippen LogP contribution in [0.25, 0.3) is 22.0 Å². The zero-order valence-corrected chi connectivity index (χ0v) is 18.9. The maximum absolute atomic E-state index is 14.5. The number of amides is 1. The first-order valence-electron chi connectivity index (χ1n) is 10.8. The number of nitrogens with zero attached hydrogens (tertiary/aromatic N) is 4. The highest BCUT2D eigenvalue weighted by atomic mass is 32.1. The Kier molecular flexibility index (Phi) is 5.87. The van der Waals surface area contributed by atoms with Gasteiger partial charge in [0.2, 0.25) is 0 Å². The Morgan fingerprint density at radius 2 is 1.91 bits per heavy atom. The molecule has 0 atom stereocenters. The first-order valence-corrected chi connectivity index (χ1v) is 11.6. The third kappa shape index (κ3) is 4.36. The molecule has 1 N–H and O–H groups in total. The number of aryl methyl sites for hydroxylation is 1. The quantitative estimate of drug-likeness (QED) is 0.440. The third-order valence-corrected chi connectivity index (χ3v) is 6.55. The van der Waals surface area contributed by atoms with Crippen LogP contribution in [0, 0.1) is 5.82 Å². The highest BCUT2D eigenvalue weighted by molar-refractivity contribution is 7.13. The number of benzene rings is 2. The second kappa shape index (κ2) is 9.11. The van der Waals surface area contributed by atoms with E-state index in [0.29, 0.717) is 16.4 Å². The molecule has 0 spiro atoms. The van der Waals surface area contributed by atoms with E-state index in [1.54, 1.807) is 24.6 Å². The van der Waals surface area contributed by atoms with Crippen molar-refractivity contribution in [3.63, 3.8) is 0 Å². The average molecular weight is 464 g/mol. The Hall–Kier alpha value is -3.59. The van der Waals surface area contributed by atoms with E-state index in [-0.39, 0.29) is 11.4 Å². The summed E-state index contributed by atoms with van der Waals surface area (Å²) in [5.41, 5.74) is 1.90. The van der Waals surface area contributed by atoms with Crippen molar-refractivity contribution in [2.45, 2.75) is 32.2 Å². The predicted molar refractivity (Wildman–Crippen MR) is 125 cm³/mol. The average Bonchev–Trinajstić information content (AvgIpc) is 3.43. The number of thiazole rings is 1. The van der Waals surface area contributed by atoms with Gasteiger partial charge in [-0.25, -0.2) is 9.37 Å². The number of carbonyl (C=O) groups is 1. The number of hydrogen-bond donors (Lipinski definition) is 1. The van der Waals surface area contributed by atoms with Gasteiger partial charge in [-0.1, -0.05) is 6.42 Å². The Labute approximate surface area is 194 Å². The topological polar surface area (TPSA) is 81.9 Å². The van der Waals surface area contributed by atoms with Crippen LogP contribution in [0.5, 0.6) is 5.75 Å². The molecule has 1 aliphatic rings. The molecule has 1 aliphatic heterocycles. The van der Waals surface area contributed by atoms with Crippen LogP contribution in [-0.2, 0) is 13.0 Å². The molecule has 0 radical (unpaired) electrons. The van der Waals surface area contributed by atoms with Crippen LogP contribution in [0.4, 0.5) is 10.1 Å². The second-order valence-corrected chi connectivity index (χ2v) is 8.68. The van der Waals surface area contributed by atoms with Crippen LogP contribution in [0.3, 0.4) is 0 Å². The minimum Gasteiger partial charge on any atom is -0.497 e. The summed E-state index contributed by atoms with van der Waals surface area (Å²) in [7, 11) is 1.61. The smallest absolute Gasteiger partial charge is 0.275 e. The summed E-state index contributed by atoms with van der Waals surface area (Å²) in [6, 6.07) is 12.0. The van der Waals surface area contributed by atoms with Gasteiger partial charge >= 0.3 is 0 Å². The minimum atomic E-state index is -0.520. The number of carbonyl (C=O) groups excluding carboxylic acids is 1. The van der Waals surface area contributed by atoms with Crippen molar-refractivity contribution in [3.8, 4) is 27.7 Å². The van der Waals surface area contributed by atoms with E-state index in [1.165, 1.54) is 17.4 Å². The highest BCUT2D eigenvalue weighted by Crippen LogP contribution is 2.28. The molecule has 4 aromatic rings. The van der Waals surface area contributed by atoms with E-state index < -0.39 is 11.7 Å². The first-order chi connectivity index (χ1) is 16.1. The van der Waals surface area contributed by atoms with Gasteiger partial charge in [-0.3, -0.25) is 4.79 Å². The number of nitrogens with one attached hydrogen (secondary N) is 1. The largest absolute Gasteiger partial charge is 0.497 e. The molecule has 0 aliphatic carbocycles. The molecule has 9 heteroatoms. The lowest BCUT2D eigenvalue weighted by Gasteiger charge is -2.10. The van der Waals surface area contributed by atoms with Gasteiger partial charge in [0, 0.05) is 29.5 Å². The molecule has 33 heavy (non-hydrogen) atoms. The van der Waals surface area contributed by atoms with Gasteiger partial charge in [0.25, 0.3) is 5.91 Å². The van der Waals surface area contributed by atoms with Gasteiger partial charge in [-0.15, -0.1) is 21.5 Å². The number of fused-ring (bicyclic) bond motifs is 1. The highest BCUT2D eigenvalue weighted by Gasteiger charge is 2.19. The fraction of sp³-hybridized carbons (Fsp3) is 0.250. The summed E-state index contributed by atoms with van der Waals surface area (Å²) < 4.78 is 21.8. The van der Waals surface area contributed by atoms with Gasteiger partial charge in [0.1, 0.15) is 28.1 Å². The van der Waals surface area contributed by atoms with Gasteiger partial charge in [0.15, 0.2) is 5.82 Å². The summed E-state index contributed by atoms with van der Waals surface area (Å²) >= 11 is 1.35. The second-order valence-electron chi connectivity index (χ2n) is 7.82. The zero-order chi connectivity index (χ0) is 22.8. The lowest BCUT2D eigenvalue weighted by atomic mass is 10.1. The Morgan fingerprint density at radius 1 is 1.09 bits per heavy atom. The summed E-state index contributed by atoms with van der Waals surface area (Å²) in [5, 5.41) is 13.7. The third-order valence-electron chi connectivity index (χ3n) is 5.66. The number of ether oxygens (including phenoxy) is 1. The molecule has 3 heterocycles. The van der Waals surface area contributed by atoms with E-state index in [2.05, 4.69) is 25.1 Å². The van der Waals surface area contributed by atoms with Gasteiger partial charge in [0.05, 0.1) is 12.8 Å². The van der Waals surface area contributed by atoms with Crippen LogP contribution < -0.4 is 10.1 Å². The van der Waals surface area contributed by atoms with Crippen molar-refractivity contribution in [1.29, 1.82) is 0 Å². The molecule has 168 valence electrons. The Balaban J connectivity index is 1.37. The zero-order valence-electron chi connectivity index (χ0n) is 18.0. The van der Waals surface area contributed by atoms with Crippen molar-refractivity contribution >= 4 is 22.9 Å². The van der Waals surface area contributed by atoms with Crippen LogP contribution >= 0.6 is 11.3 Å². The van der Waals surface area contributed by atoms with Crippen molar-refractivity contribution in [2.75, 3.05) is 12.4 Å². The minimum absolute atomic E-state index is 0.0856. The fourth-order valence-electron chi connectivity index (χ4n) is 3.89. The molecular weight excluding hydrogens is 441 g/mol. The lowest BCUT2D eigenvalue weighted by Crippen LogP contribution is -2.13. The maximum Gasteiger partial charge on any atom is 0.275 e. The normalized spacial score (nSPS) is 13.3. The number of rotatable bonds is 5. The van der Waals surface area contributed by atoms with Crippen molar-refractivity contribution in [1.82, 2.24) is 19.7 Å². The SMILES string of the molecule is COc1ccc(-c2nc(C(=O)Nc3cc(-c4nnc5n4CCCCC5)ccc3F)cs2)cc1. The first kappa shape index (κ1) is 21.3. The van der Waals surface area contributed by atoms with E-state index in [0.717, 1.165) is 49.4 Å². The van der Waals surface area contributed by atoms with Gasteiger partial charge in [-0.05, 0) is 55.3 Å². The number of anilines is 1. The molecule has 1 amide bonds. The molecule has 0 bridgehead atoms. The van der Waals surface area contributed by atoms with E-state index in [4.69, 9.17) is 4.74 Å². The summed E-state index contributed by atoms with van der Waals surface area (Å²) in [6.45, 7) is 0.837. The summed E-state index contributed by atoms with van der Waals surface area (Å²) in [6.07, 6.45) is 4.19. The van der Waals surface area contributed by atoms with E-state index >= 15 is 0 Å². The molecule has 0 saturated carbocycles. The van der Waals surface area contributed by atoms with Crippen LogP contribution in [-0.4, -0.2) is 32.8 Å². The summed E-state index contributed by atoms with van der Waals surface area (Å²) in [5.74, 6) is 1.40. The van der Waals surface area contributed by atoms with Crippen LogP contribution in [0.2, 0.25) is 0 Å². The van der Waals surface area contributed by atoms with Crippen LogP contribution in [0.1, 0.15) is 35.6 Å². The molecule has 2 aromatic carbocycles. The van der Waals surface area contributed by atoms with Gasteiger partial charge in [-0.2, -0.15) is 0 Å². The monoisotopic (exact) mass is 463 g/mol. The molecule has 0 saturated heterocycles. The molecule has 7 nitrogen and oxygen atoms in total. The van der Waals surface area contributed by atoms with Gasteiger partial charge < -0.3 is 14.6 Å². The molecule has 5 rings (SSSR count). The van der Waals surface area contributed by atoms with Crippen molar-refractivity contribution in [3.05, 3.63) is 65.2 Å². The van der Waals surface area contributed by atoms with Crippen molar-refractivity contribution < 1.29 is 13.9 Å². The number of aromatic nitrogens is 4. The number of halogens is 1. The summed E-state index contributed by atoms with van der Waals surface area (Å²) in [4.78, 5) is 17.2. The standard InChI is InChI=1S/C24H22FN5O2S/c1-32-17-9-6-15(7-10-17)24-27-20(14-33-24)23(31)26-19-13-16(8-11-18(19)25)22-29-28-21-5-3-2-4-12-30(21)22/h6-11,13-14H,2-5,12H2,1H3,(H,26,31). The molecule has 2 aromatic heterocycles. The number of methoxy groups -OCH3 is 1.